The van der Waals surface area contributed by atoms with Gasteiger partial charge in [-0.05, 0) is 42.3 Å². The van der Waals surface area contributed by atoms with Gasteiger partial charge in [-0.3, -0.25) is 0 Å². The number of alkyl halides is 3. The summed E-state index contributed by atoms with van der Waals surface area (Å²) in [6.45, 7) is 3.17. The van der Waals surface area contributed by atoms with Gasteiger partial charge in [-0.25, -0.2) is 9.78 Å². The Balaban J connectivity index is 1.67. The van der Waals surface area contributed by atoms with Gasteiger partial charge in [-0.1, -0.05) is 28.9 Å². The Labute approximate surface area is 176 Å². The molecule has 1 aromatic carbocycles. The fraction of sp³-hybridized carbons (Fsp3) is 0.350. The van der Waals surface area contributed by atoms with Gasteiger partial charge in [0.2, 0.25) is 0 Å². The first-order valence-electron chi connectivity index (χ1n) is 9.13. The number of rotatable bonds is 6. The topological polar surface area (TPSA) is 58.0 Å². The maximum absolute atomic E-state index is 12.7. The molecule has 0 aliphatic carbocycles. The zero-order valence-electron chi connectivity index (χ0n) is 16.4. The predicted octanol–water partition coefficient (Wildman–Crippen LogP) is 4.56. The number of nitrogens with zero attached hydrogens (tertiary/aromatic N) is 4. The van der Waals surface area contributed by atoms with Crippen LogP contribution in [-0.2, 0) is 24.2 Å². The highest BCUT2D eigenvalue weighted by atomic mass is 35.5. The summed E-state index contributed by atoms with van der Waals surface area (Å²) in [5, 5.41) is 4.51. The number of pyridine rings is 1. The third-order valence-electron chi connectivity index (χ3n) is 4.64. The van der Waals surface area contributed by atoms with Gasteiger partial charge in [0.05, 0.1) is 11.4 Å². The fourth-order valence-corrected chi connectivity index (χ4v) is 3.12. The SMILES string of the molecule is CC(=NOCc1cccc(C(F)(F)F)n1)c1ccc(Cl)c(CN2CCN(C)C2=O)c1. The van der Waals surface area contributed by atoms with Crippen LogP contribution in [0, 0.1) is 0 Å². The number of hydrogen-bond donors (Lipinski definition) is 0. The number of carbonyl (C=O) groups is 1. The van der Waals surface area contributed by atoms with E-state index in [0.717, 1.165) is 17.2 Å². The summed E-state index contributed by atoms with van der Waals surface area (Å²) in [5.74, 6) is 0. The van der Waals surface area contributed by atoms with Crippen LogP contribution in [0.3, 0.4) is 0 Å². The van der Waals surface area contributed by atoms with Gasteiger partial charge in [0, 0.05) is 31.7 Å². The molecule has 1 aliphatic heterocycles. The van der Waals surface area contributed by atoms with Crippen molar-refractivity contribution in [2.24, 2.45) is 5.16 Å². The highest BCUT2D eigenvalue weighted by Gasteiger charge is 2.32. The zero-order valence-corrected chi connectivity index (χ0v) is 17.2. The minimum atomic E-state index is -4.51. The Morgan fingerprint density at radius 1 is 1.27 bits per heavy atom. The number of halogens is 4. The van der Waals surface area contributed by atoms with E-state index in [-0.39, 0.29) is 18.3 Å². The lowest BCUT2D eigenvalue weighted by atomic mass is 10.1. The summed E-state index contributed by atoms with van der Waals surface area (Å²) >= 11 is 6.28. The van der Waals surface area contributed by atoms with E-state index in [4.69, 9.17) is 16.4 Å². The molecular weight excluding hydrogens is 421 g/mol. The van der Waals surface area contributed by atoms with E-state index in [1.165, 1.54) is 12.1 Å². The average molecular weight is 441 g/mol. The molecule has 0 spiro atoms. The molecular formula is C20H20ClF3N4O2. The van der Waals surface area contributed by atoms with Crippen molar-refractivity contribution in [3.05, 3.63) is 63.9 Å². The van der Waals surface area contributed by atoms with E-state index in [2.05, 4.69) is 10.1 Å². The second-order valence-electron chi connectivity index (χ2n) is 6.89. The summed E-state index contributed by atoms with van der Waals surface area (Å²) in [6, 6.07) is 8.84. The van der Waals surface area contributed by atoms with E-state index >= 15 is 0 Å². The van der Waals surface area contributed by atoms with E-state index in [1.807, 2.05) is 6.07 Å². The molecule has 0 unspecified atom stereocenters. The molecule has 6 nitrogen and oxygen atoms in total. The number of hydrogen-bond acceptors (Lipinski definition) is 4. The summed E-state index contributed by atoms with van der Waals surface area (Å²) < 4.78 is 38.2. The van der Waals surface area contributed by atoms with Crippen molar-refractivity contribution in [3.8, 4) is 0 Å². The number of likely N-dealkylation sites (N-methyl/N-ethyl adjacent to an activating group) is 1. The number of benzene rings is 1. The number of amides is 2. The lowest BCUT2D eigenvalue weighted by molar-refractivity contribution is -0.141. The largest absolute Gasteiger partial charge is 0.433 e. The van der Waals surface area contributed by atoms with E-state index in [9.17, 15) is 18.0 Å². The van der Waals surface area contributed by atoms with Crippen LogP contribution in [0.15, 0.2) is 41.6 Å². The molecule has 0 atom stereocenters. The molecule has 30 heavy (non-hydrogen) atoms. The molecule has 0 radical (unpaired) electrons. The molecule has 1 aromatic heterocycles. The first-order valence-corrected chi connectivity index (χ1v) is 9.51. The Morgan fingerprint density at radius 3 is 2.70 bits per heavy atom. The molecule has 2 aromatic rings. The molecule has 1 fully saturated rings. The average Bonchev–Trinajstić information content (AvgIpc) is 3.01. The van der Waals surface area contributed by atoms with Crippen LogP contribution < -0.4 is 0 Å². The quantitative estimate of drug-likeness (QED) is 0.488. The van der Waals surface area contributed by atoms with Crippen LogP contribution >= 0.6 is 11.6 Å². The molecule has 160 valence electrons. The van der Waals surface area contributed by atoms with Crippen molar-refractivity contribution in [1.82, 2.24) is 14.8 Å². The molecule has 0 bridgehead atoms. The Bertz CT molecular complexity index is 965. The minimum Gasteiger partial charge on any atom is -0.389 e. The van der Waals surface area contributed by atoms with E-state index < -0.39 is 11.9 Å². The number of urea groups is 1. The zero-order chi connectivity index (χ0) is 21.9. The van der Waals surface area contributed by atoms with Gasteiger partial charge in [0.1, 0.15) is 5.69 Å². The second kappa shape index (κ2) is 8.91. The van der Waals surface area contributed by atoms with Crippen molar-refractivity contribution in [1.29, 1.82) is 0 Å². The Morgan fingerprint density at radius 2 is 2.03 bits per heavy atom. The van der Waals surface area contributed by atoms with Crippen LogP contribution in [0.4, 0.5) is 18.0 Å². The van der Waals surface area contributed by atoms with Gasteiger partial charge < -0.3 is 14.6 Å². The van der Waals surface area contributed by atoms with Gasteiger partial charge in [0.15, 0.2) is 6.61 Å². The molecule has 1 saturated heterocycles. The van der Waals surface area contributed by atoms with Crippen molar-refractivity contribution < 1.29 is 22.8 Å². The second-order valence-corrected chi connectivity index (χ2v) is 7.30. The lowest BCUT2D eigenvalue weighted by Gasteiger charge is -2.17. The van der Waals surface area contributed by atoms with E-state index in [1.54, 1.807) is 35.9 Å². The van der Waals surface area contributed by atoms with Gasteiger partial charge in [0.25, 0.3) is 0 Å². The Kier molecular flexibility index (Phi) is 6.50. The van der Waals surface area contributed by atoms with Crippen LogP contribution in [-0.4, -0.2) is 46.7 Å². The van der Waals surface area contributed by atoms with Crippen LogP contribution in [0.25, 0.3) is 0 Å². The molecule has 2 heterocycles. The van der Waals surface area contributed by atoms with Crippen molar-refractivity contribution in [2.75, 3.05) is 20.1 Å². The summed E-state index contributed by atoms with van der Waals surface area (Å²) in [6.07, 6.45) is -4.51. The maximum Gasteiger partial charge on any atom is 0.433 e. The van der Waals surface area contributed by atoms with Gasteiger partial charge >= 0.3 is 12.2 Å². The lowest BCUT2D eigenvalue weighted by Crippen LogP contribution is -2.29. The molecule has 0 N–H and O–H groups in total. The fourth-order valence-electron chi connectivity index (χ4n) is 2.94. The first-order chi connectivity index (χ1) is 14.1. The first kappa shape index (κ1) is 21.9. The number of oxime groups is 1. The summed E-state index contributed by atoms with van der Waals surface area (Å²) in [5.41, 5.74) is 1.16. The monoisotopic (exact) mass is 440 g/mol. The number of aromatic nitrogens is 1. The highest BCUT2D eigenvalue weighted by Crippen LogP contribution is 2.27. The molecule has 10 heteroatoms. The predicted molar refractivity (Wildman–Crippen MR) is 106 cm³/mol. The molecule has 2 amide bonds. The van der Waals surface area contributed by atoms with E-state index in [0.29, 0.717) is 30.4 Å². The van der Waals surface area contributed by atoms with Crippen molar-refractivity contribution in [2.45, 2.75) is 26.3 Å². The minimum absolute atomic E-state index is 0.0567. The molecule has 3 rings (SSSR count). The van der Waals surface area contributed by atoms with Gasteiger partial charge in [-0.2, -0.15) is 13.2 Å². The highest BCUT2D eigenvalue weighted by molar-refractivity contribution is 6.31. The maximum atomic E-state index is 12.7. The van der Waals surface area contributed by atoms with Crippen LogP contribution in [0.1, 0.15) is 29.4 Å². The smallest absolute Gasteiger partial charge is 0.389 e. The van der Waals surface area contributed by atoms with Crippen LogP contribution in [0.2, 0.25) is 5.02 Å². The van der Waals surface area contributed by atoms with Crippen molar-refractivity contribution >= 4 is 23.3 Å². The Hall–Kier alpha value is -2.81. The van der Waals surface area contributed by atoms with Gasteiger partial charge in [-0.15, -0.1) is 0 Å². The summed E-state index contributed by atoms with van der Waals surface area (Å²) in [7, 11) is 1.74. The number of carbonyl (C=O) groups excluding carboxylic acids is 1. The third kappa shape index (κ3) is 5.21. The van der Waals surface area contributed by atoms with Crippen molar-refractivity contribution in [3.63, 3.8) is 0 Å². The normalized spacial score (nSPS) is 15.1. The molecule has 1 aliphatic rings. The van der Waals surface area contributed by atoms with Crippen LogP contribution in [0.5, 0.6) is 0 Å². The molecule has 0 saturated carbocycles. The standard InChI is InChI=1S/C20H20ClF3N4O2/c1-13(26-30-12-16-4-3-5-18(25-16)20(22,23)24)14-6-7-17(21)15(10-14)11-28-9-8-27(2)19(28)29/h3-7,10H,8-9,11-12H2,1-2H3. The third-order valence-corrected chi connectivity index (χ3v) is 5.01. The summed E-state index contributed by atoms with van der Waals surface area (Å²) in [4.78, 5) is 24.2.